The molecule has 2 atom stereocenters. The molecule has 0 spiro atoms. The predicted octanol–water partition coefficient (Wildman–Crippen LogP) is 2.04. The smallest absolute Gasteiger partial charge is 0.309 e. The van der Waals surface area contributed by atoms with Crippen LogP contribution in [0, 0.1) is 23.2 Å². The van der Waals surface area contributed by atoms with Crippen molar-refractivity contribution < 1.29 is 14.7 Å². The van der Waals surface area contributed by atoms with Gasteiger partial charge >= 0.3 is 5.97 Å². The first-order chi connectivity index (χ1) is 8.43. The van der Waals surface area contributed by atoms with Crippen molar-refractivity contribution >= 4 is 11.9 Å². The monoisotopic (exact) mass is 253 g/mol. The van der Waals surface area contributed by atoms with E-state index in [1.807, 2.05) is 0 Å². The maximum Gasteiger partial charge on any atom is 0.309 e. The third kappa shape index (κ3) is 2.68. The molecule has 2 N–H and O–H groups in total. The predicted molar refractivity (Wildman–Crippen MR) is 68.0 cm³/mol. The number of rotatable bonds is 5. The number of nitrogens with one attached hydrogen (secondary N) is 1. The number of carboxylic acids is 1. The Kier molecular flexibility index (Phi) is 3.64. The van der Waals surface area contributed by atoms with Gasteiger partial charge in [0.25, 0.3) is 0 Å². The summed E-state index contributed by atoms with van der Waals surface area (Å²) in [5.41, 5.74) is -0.760. The fourth-order valence-corrected chi connectivity index (χ4v) is 3.10. The van der Waals surface area contributed by atoms with Gasteiger partial charge in [0, 0.05) is 12.5 Å². The SMILES string of the molecule is CC(C)(CCNC(=O)C1C2CCCCC21)C(=O)O. The van der Waals surface area contributed by atoms with Crippen LogP contribution < -0.4 is 5.32 Å². The molecule has 4 nitrogen and oxygen atoms in total. The molecule has 0 aromatic carbocycles. The number of aliphatic carboxylic acids is 1. The van der Waals surface area contributed by atoms with Gasteiger partial charge in [-0.1, -0.05) is 12.8 Å². The lowest BCUT2D eigenvalue weighted by Gasteiger charge is -2.18. The lowest BCUT2D eigenvalue weighted by molar-refractivity contribution is -0.147. The molecule has 0 heterocycles. The van der Waals surface area contributed by atoms with Crippen molar-refractivity contribution in [1.29, 1.82) is 0 Å². The van der Waals surface area contributed by atoms with Crippen molar-refractivity contribution in [3.8, 4) is 0 Å². The van der Waals surface area contributed by atoms with Crippen LogP contribution in [0.25, 0.3) is 0 Å². The van der Waals surface area contributed by atoms with Crippen LogP contribution in [0.3, 0.4) is 0 Å². The van der Waals surface area contributed by atoms with E-state index in [-0.39, 0.29) is 11.8 Å². The van der Waals surface area contributed by atoms with Crippen molar-refractivity contribution in [2.75, 3.05) is 6.54 Å². The first-order valence-electron chi connectivity index (χ1n) is 6.94. The van der Waals surface area contributed by atoms with E-state index in [2.05, 4.69) is 5.32 Å². The molecule has 0 saturated heterocycles. The lowest BCUT2D eigenvalue weighted by Crippen LogP contribution is -2.33. The highest BCUT2D eigenvalue weighted by atomic mass is 16.4. The zero-order valence-corrected chi connectivity index (χ0v) is 11.2. The lowest BCUT2D eigenvalue weighted by atomic mass is 9.90. The Labute approximate surface area is 108 Å². The van der Waals surface area contributed by atoms with E-state index in [4.69, 9.17) is 5.11 Å². The molecular formula is C14H23NO3. The van der Waals surface area contributed by atoms with Crippen LogP contribution in [0.4, 0.5) is 0 Å². The number of carbonyl (C=O) groups is 2. The number of carboxylic acid groups (broad SMARTS) is 1. The Hall–Kier alpha value is -1.06. The summed E-state index contributed by atoms with van der Waals surface area (Å²) < 4.78 is 0. The summed E-state index contributed by atoms with van der Waals surface area (Å²) in [6, 6.07) is 0. The second-order valence-corrected chi connectivity index (χ2v) is 6.37. The molecule has 2 saturated carbocycles. The van der Waals surface area contributed by atoms with Gasteiger partial charge in [0.05, 0.1) is 5.41 Å². The number of hydrogen-bond acceptors (Lipinski definition) is 2. The summed E-state index contributed by atoms with van der Waals surface area (Å²) in [5.74, 6) is 0.794. The van der Waals surface area contributed by atoms with Crippen LogP contribution in [0.15, 0.2) is 0 Å². The van der Waals surface area contributed by atoms with Crippen LogP contribution >= 0.6 is 0 Å². The highest BCUT2D eigenvalue weighted by Gasteiger charge is 2.54. The topological polar surface area (TPSA) is 66.4 Å². The maximum atomic E-state index is 12.0. The minimum absolute atomic E-state index is 0.146. The van der Waals surface area contributed by atoms with Crippen molar-refractivity contribution in [3.05, 3.63) is 0 Å². The van der Waals surface area contributed by atoms with E-state index >= 15 is 0 Å². The summed E-state index contributed by atoms with van der Waals surface area (Å²) in [7, 11) is 0. The first-order valence-corrected chi connectivity index (χ1v) is 6.94. The normalized spacial score (nSPS) is 30.4. The fourth-order valence-electron chi connectivity index (χ4n) is 3.10. The zero-order chi connectivity index (χ0) is 13.3. The second-order valence-electron chi connectivity index (χ2n) is 6.37. The zero-order valence-electron chi connectivity index (χ0n) is 11.2. The van der Waals surface area contributed by atoms with Gasteiger partial charge in [-0.3, -0.25) is 9.59 Å². The van der Waals surface area contributed by atoms with Gasteiger partial charge in [-0.2, -0.15) is 0 Å². The molecule has 18 heavy (non-hydrogen) atoms. The number of carbonyl (C=O) groups excluding carboxylic acids is 1. The molecule has 2 fully saturated rings. The first kappa shape index (κ1) is 13.4. The Morgan fingerprint density at radius 2 is 1.78 bits per heavy atom. The van der Waals surface area contributed by atoms with Crippen LogP contribution in [-0.2, 0) is 9.59 Å². The van der Waals surface area contributed by atoms with Gasteiger partial charge in [0.15, 0.2) is 0 Å². The van der Waals surface area contributed by atoms with Crippen LogP contribution in [0.2, 0.25) is 0 Å². The van der Waals surface area contributed by atoms with Gasteiger partial charge in [-0.05, 0) is 44.9 Å². The Morgan fingerprint density at radius 3 is 2.28 bits per heavy atom. The van der Waals surface area contributed by atoms with Crippen molar-refractivity contribution in [2.24, 2.45) is 23.2 Å². The van der Waals surface area contributed by atoms with Crippen molar-refractivity contribution in [1.82, 2.24) is 5.32 Å². The summed E-state index contributed by atoms with van der Waals surface area (Å²) in [5, 5.41) is 11.9. The molecule has 1 amide bonds. The largest absolute Gasteiger partial charge is 0.481 e. The highest BCUT2D eigenvalue weighted by Crippen LogP contribution is 2.55. The maximum absolute atomic E-state index is 12.0. The molecule has 0 radical (unpaired) electrons. The van der Waals surface area contributed by atoms with Crippen LogP contribution in [0.5, 0.6) is 0 Å². The second kappa shape index (κ2) is 4.90. The van der Waals surface area contributed by atoms with E-state index < -0.39 is 11.4 Å². The number of amides is 1. The van der Waals surface area contributed by atoms with Gasteiger partial charge in [0.1, 0.15) is 0 Å². The standard InChI is InChI=1S/C14H23NO3/c1-14(2,13(17)18)7-8-15-12(16)11-9-5-3-4-6-10(9)11/h9-11H,3-8H2,1-2H3,(H,15,16)(H,17,18). The van der Waals surface area contributed by atoms with E-state index in [0.717, 1.165) is 0 Å². The van der Waals surface area contributed by atoms with Crippen molar-refractivity contribution in [2.45, 2.75) is 46.0 Å². The van der Waals surface area contributed by atoms with E-state index in [1.54, 1.807) is 13.8 Å². The molecule has 4 heteroatoms. The molecule has 0 aromatic heterocycles. The third-order valence-corrected chi connectivity index (χ3v) is 4.59. The van der Waals surface area contributed by atoms with E-state index in [1.165, 1.54) is 25.7 Å². The van der Waals surface area contributed by atoms with E-state index in [9.17, 15) is 9.59 Å². The molecule has 102 valence electrons. The molecular weight excluding hydrogens is 230 g/mol. The highest BCUT2D eigenvalue weighted by molar-refractivity contribution is 5.82. The molecule has 2 unspecified atom stereocenters. The third-order valence-electron chi connectivity index (χ3n) is 4.59. The van der Waals surface area contributed by atoms with Crippen LogP contribution in [0.1, 0.15) is 46.0 Å². The molecule has 0 aliphatic heterocycles. The molecule has 2 rings (SSSR count). The summed E-state index contributed by atoms with van der Waals surface area (Å²) in [6.07, 6.45) is 5.40. The van der Waals surface area contributed by atoms with Gasteiger partial charge in [0.2, 0.25) is 5.91 Å². The fraction of sp³-hybridized carbons (Fsp3) is 0.857. The minimum atomic E-state index is -0.808. The summed E-state index contributed by atoms with van der Waals surface area (Å²) in [6.45, 7) is 3.85. The Bertz CT molecular complexity index is 339. The number of fused-ring (bicyclic) bond motifs is 1. The van der Waals surface area contributed by atoms with Gasteiger partial charge in [-0.25, -0.2) is 0 Å². The van der Waals surface area contributed by atoms with Crippen LogP contribution in [-0.4, -0.2) is 23.5 Å². The van der Waals surface area contributed by atoms with E-state index in [0.29, 0.717) is 24.8 Å². The van der Waals surface area contributed by atoms with Crippen molar-refractivity contribution in [3.63, 3.8) is 0 Å². The molecule has 2 aliphatic rings. The average Bonchev–Trinajstić information content (AvgIpc) is 3.02. The van der Waals surface area contributed by atoms with Gasteiger partial charge < -0.3 is 10.4 Å². The molecule has 0 aromatic rings. The molecule has 2 aliphatic carbocycles. The Balaban J connectivity index is 1.72. The van der Waals surface area contributed by atoms with Gasteiger partial charge in [-0.15, -0.1) is 0 Å². The average molecular weight is 253 g/mol. The minimum Gasteiger partial charge on any atom is -0.481 e. The summed E-state index contributed by atoms with van der Waals surface area (Å²) >= 11 is 0. The number of hydrogen-bond donors (Lipinski definition) is 2. The Morgan fingerprint density at radius 1 is 1.22 bits per heavy atom. The summed E-state index contributed by atoms with van der Waals surface area (Å²) in [4.78, 5) is 22.9. The molecule has 0 bridgehead atoms. The quantitative estimate of drug-likeness (QED) is 0.788.